The van der Waals surface area contributed by atoms with E-state index in [9.17, 15) is 0 Å². The van der Waals surface area contributed by atoms with Crippen LogP contribution in [0.4, 0.5) is 0 Å². The number of thiazole rings is 1. The van der Waals surface area contributed by atoms with Crippen molar-refractivity contribution in [3.8, 4) is 11.3 Å². The van der Waals surface area contributed by atoms with Gasteiger partial charge in [-0.1, -0.05) is 42.5 Å². The third-order valence-corrected chi connectivity index (χ3v) is 4.42. The Morgan fingerprint density at radius 3 is 2.74 bits per heavy atom. The van der Waals surface area contributed by atoms with Gasteiger partial charge in [0.05, 0.1) is 11.7 Å². The summed E-state index contributed by atoms with van der Waals surface area (Å²) in [5, 5.41) is 9.03. The first-order chi connectivity index (χ1) is 9.29. The van der Waals surface area contributed by atoms with E-state index in [-0.39, 0.29) is 0 Å². The molecule has 2 aromatic carbocycles. The number of nitrogens with one attached hydrogen (secondary N) is 1. The molecule has 0 aliphatic rings. The highest BCUT2D eigenvalue weighted by atomic mass is 32.1. The van der Waals surface area contributed by atoms with E-state index in [1.807, 2.05) is 7.05 Å². The summed E-state index contributed by atoms with van der Waals surface area (Å²) in [6.07, 6.45) is 0. The van der Waals surface area contributed by atoms with Gasteiger partial charge in [-0.15, -0.1) is 11.3 Å². The molecule has 19 heavy (non-hydrogen) atoms. The van der Waals surface area contributed by atoms with Gasteiger partial charge in [-0.3, -0.25) is 0 Å². The number of fused-ring (bicyclic) bond motifs is 1. The van der Waals surface area contributed by atoms with Crippen molar-refractivity contribution in [1.29, 1.82) is 0 Å². The van der Waals surface area contributed by atoms with Gasteiger partial charge in [-0.25, -0.2) is 4.98 Å². The molecule has 0 spiro atoms. The zero-order valence-corrected chi connectivity index (χ0v) is 11.9. The van der Waals surface area contributed by atoms with Crippen LogP contribution in [0.2, 0.25) is 0 Å². The molecule has 0 amide bonds. The van der Waals surface area contributed by atoms with Gasteiger partial charge in [-0.05, 0) is 24.7 Å². The minimum atomic E-state index is 0.300. The molecule has 0 aliphatic heterocycles. The SMILES string of the molecule is CNC(C)c1nc(-c2cccc3ccccc23)cs1. The number of hydrogen-bond donors (Lipinski definition) is 1. The molecule has 0 aliphatic carbocycles. The molecule has 3 heteroatoms. The van der Waals surface area contributed by atoms with Gasteiger partial charge < -0.3 is 5.32 Å². The highest BCUT2D eigenvalue weighted by Gasteiger charge is 2.11. The number of benzene rings is 2. The van der Waals surface area contributed by atoms with Crippen LogP contribution in [-0.2, 0) is 0 Å². The van der Waals surface area contributed by atoms with Crippen molar-refractivity contribution in [3.63, 3.8) is 0 Å². The Hall–Kier alpha value is -1.71. The van der Waals surface area contributed by atoms with E-state index in [2.05, 4.69) is 60.1 Å². The van der Waals surface area contributed by atoms with E-state index in [0.717, 1.165) is 10.7 Å². The van der Waals surface area contributed by atoms with Crippen LogP contribution in [-0.4, -0.2) is 12.0 Å². The summed E-state index contributed by atoms with van der Waals surface area (Å²) in [4.78, 5) is 4.76. The Balaban J connectivity index is 2.12. The third-order valence-electron chi connectivity index (χ3n) is 3.39. The van der Waals surface area contributed by atoms with Crippen LogP contribution in [0.1, 0.15) is 18.0 Å². The van der Waals surface area contributed by atoms with E-state index < -0.39 is 0 Å². The van der Waals surface area contributed by atoms with E-state index in [1.165, 1.54) is 16.3 Å². The van der Waals surface area contributed by atoms with Gasteiger partial charge in [0.1, 0.15) is 5.01 Å². The van der Waals surface area contributed by atoms with Gasteiger partial charge in [0, 0.05) is 10.9 Å². The maximum Gasteiger partial charge on any atom is 0.110 e. The van der Waals surface area contributed by atoms with Crippen LogP contribution in [0, 0.1) is 0 Å². The van der Waals surface area contributed by atoms with Crippen molar-refractivity contribution in [3.05, 3.63) is 52.9 Å². The molecular formula is C16H16N2S. The van der Waals surface area contributed by atoms with Crippen molar-refractivity contribution in [2.75, 3.05) is 7.05 Å². The Bertz CT molecular complexity index is 697. The van der Waals surface area contributed by atoms with Crippen molar-refractivity contribution in [2.45, 2.75) is 13.0 Å². The summed E-state index contributed by atoms with van der Waals surface area (Å²) in [5.74, 6) is 0. The van der Waals surface area contributed by atoms with Gasteiger partial charge in [-0.2, -0.15) is 0 Å². The molecule has 0 saturated heterocycles. The number of nitrogens with zero attached hydrogens (tertiary/aromatic N) is 1. The predicted molar refractivity (Wildman–Crippen MR) is 82.5 cm³/mol. The summed E-state index contributed by atoms with van der Waals surface area (Å²) in [7, 11) is 1.96. The predicted octanol–water partition coefficient (Wildman–Crippen LogP) is 4.24. The number of aromatic nitrogens is 1. The molecule has 3 rings (SSSR count). The monoisotopic (exact) mass is 268 g/mol. The summed E-state index contributed by atoms with van der Waals surface area (Å²) in [5.41, 5.74) is 2.28. The van der Waals surface area contributed by atoms with Crippen LogP contribution < -0.4 is 5.32 Å². The lowest BCUT2D eigenvalue weighted by atomic mass is 10.0. The van der Waals surface area contributed by atoms with E-state index in [0.29, 0.717) is 6.04 Å². The molecule has 3 aromatic rings. The lowest BCUT2D eigenvalue weighted by Gasteiger charge is -2.05. The Morgan fingerprint density at radius 1 is 1.11 bits per heavy atom. The van der Waals surface area contributed by atoms with Crippen molar-refractivity contribution >= 4 is 22.1 Å². The maximum atomic E-state index is 4.76. The molecular weight excluding hydrogens is 252 g/mol. The molecule has 2 nitrogen and oxygen atoms in total. The van der Waals surface area contributed by atoms with Crippen LogP contribution in [0.3, 0.4) is 0 Å². The first kappa shape index (κ1) is 12.3. The smallest absolute Gasteiger partial charge is 0.110 e. The van der Waals surface area contributed by atoms with Gasteiger partial charge in [0.2, 0.25) is 0 Å². The molecule has 1 heterocycles. The van der Waals surface area contributed by atoms with Gasteiger partial charge in [0.15, 0.2) is 0 Å². The zero-order valence-electron chi connectivity index (χ0n) is 11.1. The third kappa shape index (κ3) is 2.27. The Kier molecular flexibility index (Phi) is 3.32. The van der Waals surface area contributed by atoms with Gasteiger partial charge in [0.25, 0.3) is 0 Å². The molecule has 1 atom stereocenters. The fraction of sp³-hybridized carbons (Fsp3) is 0.188. The molecule has 0 fully saturated rings. The maximum absolute atomic E-state index is 4.76. The minimum Gasteiger partial charge on any atom is -0.311 e. The highest BCUT2D eigenvalue weighted by molar-refractivity contribution is 7.10. The van der Waals surface area contributed by atoms with Gasteiger partial charge >= 0.3 is 0 Å². The minimum absolute atomic E-state index is 0.300. The summed E-state index contributed by atoms with van der Waals surface area (Å²) in [6, 6.07) is 15.1. The lowest BCUT2D eigenvalue weighted by Crippen LogP contribution is -2.11. The van der Waals surface area contributed by atoms with E-state index in [4.69, 9.17) is 4.98 Å². The first-order valence-corrected chi connectivity index (χ1v) is 7.28. The van der Waals surface area contributed by atoms with Crippen molar-refractivity contribution in [2.24, 2.45) is 0 Å². The molecule has 0 bridgehead atoms. The quantitative estimate of drug-likeness (QED) is 0.768. The summed E-state index contributed by atoms with van der Waals surface area (Å²) < 4.78 is 0. The number of rotatable bonds is 3. The molecule has 96 valence electrons. The van der Waals surface area contributed by atoms with Crippen LogP contribution in [0.25, 0.3) is 22.0 Å². The highest BCUT2D eigenvalue weighted by Crippen LogP contribution is 2.30. The normalized spacial score (nSPS) is 12.7. The molecule has 0 saturated carbocycles. The molecule has 1 unspecified atom stereocenters. The molecule has 0 radical (unpaired) electrons. The van der Waals surface area contributed by atoms with Crippen LogP contribution >= 0.6 is 11.3 Å². The second kappa shape index (κ2) is 5.11. The van der Waals surface area contributed by atoms with Crippen LogP contribution in [0.15, 0.2) is 47.8 Å². The Labute approximate surface area is 117 Å². The average Bonchev–Trinajstić information content (AvgIpc) is 2.95. The largest absolute Gasteiger partial charge is 0.311 e. The van der Waals surface area contributed by atoms with Crippen LogP contribution in [0.5, 0.6) is 0 Å². The molecule has 1 aromatic heterocycles. The second-order valence-corrected chi connectivity index (χ2v) is 5.50. The van der Waals surface area contributed by atoms with Crippen molar-refractivity contribution < 1.29 is 0 Å². The van der Waals surface area contributed by atoms with Crippen molar-refractivity contribution in [1.82, 2.24) is 10.3 Å². The molecule has 1 N–H and O–H groups in total. The first-order valence-electron chi connectivity index (χ1n) is 6.40. The fourth-order valence-corrected chi connectivity index (χ4v) is 3.07. The topological polar surface area (TPSA) is 24.9 Å². The lowest BCUT2D eigenvalue weighted by molar-refractivity contribution is 0.648. The zero-order chi connectivity index (χ0) is 13.2. The summed E-state index contributed by atoms with van der Waals surface area (Å²) in [6.45, 7) is 2.13. The fourth-order valence-electron chi connectivity index (χ4n) is 2.18. The number of hydrogen-bond acceptors (Lipinski definition) is 3. The Morgan fingerprint density at radius 2 is 1.89 bits per heavy atom. The average molecular weight is 268 g/mol. The second-order valence-electron chi connectivity index (χ2n) is 4.61. The standard InChI is InChI=1S/C16H16N2S/c1-11(17-2)16-18-15(10-19-16)14-9-5-7-12-6-3-4-8-13(12)14/h3-11,17H,1-2H3. The summed E-state index contributed by atoms with van der Waals surface area (Å²) >= 11 is 1.71. The van der Waals surface area contributed by atoms with E-state index in [1.54, 1.807) is 11.3 Å². The van der Waals surface area contributed by atoms with E-state index >= 15 is 0 Å².